The lowest BCUT2D eigenvalue weighted by atomic mass is 9.64. The number of aromatic nitrogens is 1. The van der Waals surface area contributed by atoms with Crippen LogP contribution in [0.3, 0.4) is 0 Å². The average Bonchev–Trinajstić information content (AvgIpc) is 2.88. The highest BCUT2D eigenvalue weighted by Crippen LogP contribution is 2.45. The molecule has 0 bridgehead atoms. The van der Waals surface area contributed by atoms with Crippen LogP contribution >= 0.6 is 0 Å². The number of hydrogen-bond donors (Lipinski definition) is 3. The number of carbonyl (C=O) groups excluding carboxylic acids is 1. The number of ether oxygens (including phenoxy) is 1. The molecule has 3 atom stereocenters. The Morgan fingerprint density at radius 1 is 1.11 bits per heavy atom. The van der Waals surface area contributed by atoms with Gasteiger partial charge in [-0.25, -0.2) is 4.98 Å². The zero-order chi connectivity index (χ0) is 24.3. The first-order valence-electron chi connectivity index (χ1n) is 12.5. The molecule has 1 aliphatic carbocycles. The van der Waals surface area contributed by atoms with Crippen molar-refractivity contribution in [3.8, 4) is 0 Å². The summed E-state index contributed by atoms with van der Waals surface area (Å²) < 4.78 is 5.16. The predicted molar refractivity (Wildman–Crippen MR) is 140 cm³/mol. The van der Waals surface area contributed by atoms with E-state index in [9.17, 15) is 4.79 Å². The van der Waals surface area contributed by atoms with E-state index in [4.69, 9.17) is 4.74 Å². The van der Waals surface area contributed by atoms with Crippen molar-refractivity contribution in [2.75, 3.05) is 30.8 Å². The van der Waals surface area contributed by atoms with Crippen LogP contribution in [-0.2, 0) is 14.9 Å². The molecule has 6 nitrogen and oxygen atoms in total. The van der Waals surface area contributed by atoms with E-state index in [0.29, 0.717) is 0 Å². The zero-order valence-corrected chi connectivity index (χ0v) is 20.5. The number of anilines is 2. The molecule has 0 unspecified atom stereocenters. The predicted octanol–water partition coefficient (Wildman–Crippen LogP) is 5.02. The lowest BCUT2D eigenvalue weighted by Crippen LogP contribution is -2.45. The molecule has 1 aliphatic heterocycles. The molecule has 3 aromatic rings. The van der Waals surface area contributed by atoms with E-state index in [-0.39, 0.29) is 24.0 Å². The summed E-state index contributed by atoms with van der Waals surface area (Å²) in [6.45, 7) is 3.85. The molecular formula is C29H34N4O2. The van der Waals surface area contributed by atoms with Crippen molar-refractivity contribution in [2.45, 2.75) is 49.6 Å². The van der Waals surface area contributed by atoms with E-state index in [1.165, 1.54) is 18.2 Å². The number of nitrogens with one attached hydrogen (secondary N) is 3. The molecule has 1 fully saturated rings. The van der Waals surface area contributed by atoms with E-state index in [2.05, 4.69) is 88.5 Å². The fraction of sp³-hybridized carbons (Fsp3) is 0.379. The lowest BCUT2D eigenvalue weighted by Gasteiger charge is -2.39. The Morgan fingerprint density at radius 2 is 1.91 bits per heavy atom. The van der Waals surface area contributed by atoms with Crippen LogP contribution in [0.5, 0.6) is 0 Å². The fourth-order valence-electron chi connectivity index (χ4n) is 5.36. The Labute approximate surface area is 207 Å². The van der Waals surface area contributed by atoms with Crippen LogP contribution in [0.4, 0.5) is 11.5 Å². The van der Waals surface area contributed by atoms with E-state index in [0.717, 1.165) is 49.4 Å². The first-order valence-corrected chi connectivity index (χ1v) is 12.5. The number of benzene rings is 2. The Morgan fingerprint density at radius 3 is 2.66 bits per heavy atom. The number of pyridine rings is 1. The summed E-state index contributed by atoms with van der Waals surface area (Å²) in [6.07, 6.45) is 4.61. The van der Waals surface area contributed by atoms with Crippen molar-refractivity contribution in [3.63, 3.8) is 0 Å². The molecule has 2 heterocycles. The van der Waals surface area contributed by atoms with Gasteiger partial charge in [0, 0.05) is 19.3 Å². The first-order chi connectivity index (χ1) is 17.1. The molecule has 0 radical (unpaired) electrons. The summed E-state index contributed by atoms with van der Waals surface area (Å²) in [7, 11) is 1.49. The minimum Gasteiger partial charge on any atom is -0.468 e. The van der Waals surface area contributed by atoms with Gasteiger partial charge >= 0.3 is 5.97 Å². The average molecular weight is 471 g/mol. The van der Waals surface area contributed by atoms with Gasteiger partial charge in [-0.3, -0.25) is 4.79 Å². The highest BCUT2D eigenvalue weighted by Gasteiger charge is 2.46. The third-order valence-corrected chi connectivity index (χ3v) is 7.64. The van der Waals surface area contributed by atoms with Crippen molar-refractivity contribution >= 4 is 17.5 Å². The topological polar surface area (TPSA) is 75.3 Å². The standard InChI is InChI=1S/C29H34N4O2/c1-20(22-11-6-12-23(17-22)29(14-8-15-29)28(34)35-2)18-32-26(21-9-4-3-5-10-21)25-19-31-24-13-7-16-30-27(24)33-25/h3-7,9-13,16-17,20,25-26,31-32H,8,14-15,18-19H2,1-2H3,(H,30,33)/t20-,25+,26+/m0/s1. The molecule has 0 amide bonds. The van der Waals surface area contributed by atoms with Crippen LogP contribution in [0.2, 0.25) is 0 Å². The third-order valence-electron chi connectivity index (χ3n) is 7.64. The Kier molecular flexibility index (Phi) is 6.73. The molecule has 182 valence electrons. The number of carbonyl (C=O) groups is 1. The number of hydrogen-bond acceptors (Lipinski definition) is 6. The van der Waals surface area contributed by atoms with Crippen molar-refractivity contribution < 1.29 is 9.53 Å². The molecule has 0 spiro atoms. The quantitative estimate of drug-likeness (QED) is 0.402. The second-order valence-corrected chi connectivity index (χ2v) is 9.78. The lowest BCUT2D eigenvalue weighted by molar-refractivity contribution is -0.151. The Balaban J connectivity index is 1.33. The summed E-state index contributed by atoms with van der Waals surface area (Å²) in [6, 6.07) is 23.4. The molecule has 2 aliphatic rings. The maximum absolute atomic E-state index is 12.6. The van der Waals surface area contributed by atoms with Gasteiger partial charge in [-0.15, -0.1) is 0 Å². The van der Waals surface area contributed by atoms with Gasteiger partial charge in [-0.1, -0.05) is 67.9 Å². The van der Waals surface area contributed by atoms with Gasteiger partial charge in [0.1, 0.15) is 5.82 Å². The van der Waals surface area contributed by atoms with E-state index >= 15 is 0 Å². The molecule has 3 N–H and O–H groups in total. The second-order valence-electron chi connectivity index (χ2n) is 9.78. The molecular weight excluding hydrogens is 436 g/mol. The van der Waals surface area contributed by atoms with Crippen molar-refractivity contribution in [1.29, 1.82) is 0 Å². The molecule has 2 aromatic carbocycles. The van der Waals surface area contributed by atoms with Gasteiger partial charge in [0.2, 0.25) is 0 Å². The van der Waals surface area contributed by atoms with Gasteiger partial charge in [-0.05, 0) is 47.6 Å². The fourth-order valence-corrected chi connectivity index (χ4v) is 5.36. The van der Waals surface area contributed by atoms with Gasteiger partial charge in [0.25, 0.3) is 0 Å². The molecule has 35 heavy (non-hydrogen) atoms. The van der Waals surface area contributed by atoms with E-state index in [1.807, 2.05) is 12.3 Å². The number of nitrogens with zero attached hydrogens (tertiary/aromatic N) is 1. The van der Waals surface area contributed by atoms with Crippen LogP contribution in [0.15, 0.2) is 72.9 Å². The van der Waals surface area contributed by atoms with Crippen LogP contribution in [0.25, 0.3) is 0 Å². The summed E-state index contributed by atoms with van der Waals surface area (Å²) in [4.78, 5) is 17.1. The van der Waals surface area contributed by atoms with Crippen molar-refractivity contribution in [1.82, 2.24) is 10.3 Å². The van der Waals surface area contributed by atoms with Crippen LogP contribution in [0.1, 0.15) is 54.8 Å². The van der Waals surface area contributed by atoms with Crippen LogP contribution in [0, 0.1) is 0 Å². The summed E-state index contributed by atoms with van der Waals surface area (Å²) in [5.41, 5.74) is 4.13. The largest absolute Gasteiger partial charge is 0.468 e. The molecule has 5 rings (SSSR count). The third kappa shape index (κ3) is 4.63. The van der Waals surface area contributed by atoms with Crippen molar-refractivity contribution in [2.24, 2.45) is 0 Å². The van der Waals surface area contributed by atoms with Gasteiger partial charge < -0.3 is 20.7 Å². The maximum atomic E-state index is 12.6. The maximum Gasteiger partial charge on any atom is 0.316 e. The normalized spacial score (nSPS) is 19.8. The van der Waals surface area contributed by atoms with E-state index < -0.39 is 5.41 Å². The monoisotopic (exact) mass is 470 g/mol. The van der Waals surface area contributed by atoms with Gasteiger partial charge in [-0.2, -0.15) is 0 Å². The summed E-state index contributed by atoms with van der Waals surface area (Å²) in [5.74, 6) is 1.05. The highest BCUT2D eigenvalue weighted by atomic mass is 16.5. The minimum atomic E-state index is -0.470. The summed E-state index contributed by atoms with van der Waals surface area (Å²) >= 11 is 0. The SMILES string of the molecule is COC(=O)C1(c2cccc([C@@H](C)CN[C@H](c3ccccc3)[C@H]3CNc4cccnc4N3)c2)CCC1. The summed E-state index contributed by atoms with van der Waals surface area (Å²) in [5, 5.41) is 11.0. The number of fused-ring (bicyclic) bond motifs is 1. The Bertz CT molecular complexity index is 1160. The number of esters is 1. The van der Waals surface area contributed by atoms with Gasteiger partial charge in [0.05, 0.1) is 30.3 Å². The number of methoxy groups -OCH3 is 1. The van der Waals surface area contributed by atoms with Crippen LogP contribution < -0.4 is 16.0 Å². The zero-order valence-electron chi connectivity index (χ0n) is 20.5. The Hall–Kier alpha value is -3.38. The molecule has 1 aromatic heterocycles. The minimum absolute atomic E-state index is 0.109. The van der Waals surface area contributed by atoms with Gasteiger partial charge in [0.15, 0.2) is 0 Å². The molecule has 0 saturated heterocycles. The smallest absolute Gasteiger partial charge is 0.316 e. The molecule has 6 heteroatoms. The number of rotatable bonds is 8. The van der Waals surface area contributed by atoms with Crippen LogP contribution in [-0.4, -0.2) is 37.2 Å². The van der Waals surface area contributed by atoms with Crippen molar-refractivity contribution in [3.05, 3.63) is 89.6 Å². The first kappa shape index (κ1) is 23.4. The van der Waals surface area contributed by atoms with E-state index in [1.54, 1.807) is 0 Å². The molecule has 1 saturated carbocycles. The highest BCUT2D eigenvalue weighted by molar-refractivity contribution is 5.84. The second kappa shape index (κ2) is 10.1.